The number of carbonyl (C=O) groups excluding carboxylic acids is 2. The van der Waals surface area contributed by atoms with Crippen molar-refractivity contribution in [2.75, 3.05) is 12.4 Å². The first-order valence-corrected chi connectivity index (χ1v) is 9.92. The minimum atomic E-state index is -0.368. The summed E-state index contributed by atoms with van der Waals surface area (Å²) in [6.07, 6.45) is 5.39. The normalized spacial score (nSPS) is 14.1. The fourth-order valence-corrected chi connectivity index (χ4v) is 3.63. The van der Waals surface area contributed by atoms with E-state index in [1.165, 1.54) is 7.11 Å². The predicted octanol–water partition coefficient (Wildman–Crippen LogP) is 3.71. The van der Waals surface area contributed by atoms with Crippen LogP contribution in [0.1, 0.15) is 50.6 Å². The molecule has 0 bridgehead atoms. The third kappa shape index (κ3) is 4.18. The number of nitrogens with one attached hydrogen (secondary N) is 2. The van der Waals surface area contributed by atoms with Gasteiger partial charge >= 0.3 is 0 Å². The van der Waals surface area contributed by atoms with Crippen molar-refractivity contribution < 1.29 is 18.7 Å². The maximum absolute atomic E-state index is 12.7. The maximum atomic E-state index is 12.7. The van der Waals surface area contributed by atoms with Crippen LogP contribution in [-0.2, 0) is 6.42 Å². The molecular formula is C23H22N4O4. The third-order valence-corrected chi connectivity index (χ3v) is 5.10. The fourth-order valence-electron chi connectivity index (χ4n) is 3.63. The van der Waals surface area contributed by atoms with Crippen molar-refractivity contribution in [1.29, 1.82) is 0 Å². The van der Waals surface area contributed by atoms with E-state index >= 15 is 0 Å². The molecule has 0 saturated carbocycles. The molecule has 8 nitrogen and oxygen atoms in total. The van der Waals surface area contributed by atoms with Crippen molar-refractivity contribution in [3.8, 4) is 5.75 Å². The molecule has 1 aliphatic rings. The molecule has 158 valence electrons. The molecule has 2 amide bonds. The van der Waals surface area contributed by atoms with E-state index in [0.29, 0.717) is 46.9 Å². The summed E-state index contributed by atoms with van der Waals surface area (Å²) >= 11 is 0. The van der Waals surface area contributed by atoms with Gasteiger partial charge in [-0.1, -0.05) is 12.1 Å². The average molecular weight is 418 g/mol. The van der Waals surface area contributed by atoms with Crippen molar-refractivity contribution in [3.63, 3.8) is 0 Å². The highest BCUT2D eigenvalue weighted by Gasteiger charge is 2.28. The quantitative estimate of drug-likeness (QED) is 0.615. The van der Waals surface area contributed by atoms with E-state index in [1.54, 1.807) is 48.8 Å². The second-order valence-corrected chi connectivity index (χ2v) is 7.10. The number of fused-ring (bicyclic) bond motifs is 1. The van der Waals surface area contributed by atoms with Crippen LogP contribution < -0.4 is 15.5 Å². The number of nitrogens with zero attached hydrogens (tertiary/aromatic N) is 2. The molecule has 0 spiro atoms. The number of benzene rings is 1. The van der Waals surface area contributed by atoms with Crippen molar-refractivity contribution in [1.82, 2.24) is 10.4 Å². The molecule has 31 heavy (non-hydrogen) atoms. The first-order chi connectivity index (χ1) is 15.1. The Morgan fingerprint density at radius 3 is 2.74 bits per heavy atom. The van der Waals surface area contributed by atoms with E-state index in [-0.39, 0.29) is 17.6 Å². The monoisotopic (exact) mass is 418 g/mol. The number of para-hydroxylation sites is 1. The number of anilines is 1. The van der Waals surface area contributed by atoms with Crippen LogP contribution >= 0.6 is 0 Å². The van der Waals surface area contributed by atoms with Crippen LogP contribution in [0.15, 0.2) is 58.3 Å². The van der Waals surface area contributed by atoms with Gasteiger partial charge in [-0.15, -0.1) is 0 Å². The Bertz CT molecular complexity index is 1150. The molecule has 1 aliphatic carbocycles. The Labute approximate surface area is 179 Å². The molecule has 2 heterocycles. The van der Waals surface area contributed by atoms with Crippen molar-refractivity contribution >= 4 is 23.2 Å². The molecule has 2 N–H and O–H groups in total. The lowest BCUT2D eigenvalue weighted by molar-refractivity contribution is 0.0950. The Hall–Kier alpha value is -3.94. The molecule has 0 unspecified atom stereocenters. The summed E-state index contributed by atoms with van der Waals surface area (Å²) in [6, 6.07) is 10.4. The van der Waals surface area contributed by atoms with E-state index in [9.17, 15) is 9.59 Å². The summed E-state index contributed by atoms with van der Waals surface area (Å²) in [6.45, 7) is 1.82. The summed E-state index contributed by atoms with van der Waals surface area (Å²) in [5, 5.41) is 7.14. The molecule has 0 atom stereocenters. The zero-order valence-corrected chi connectivity index (χ0v) is 17.3. The molecular weight excluding hydrogens is 396 g/mol. The summed E-state index contributed by atoms with van der Waals surface area (Å²) in [4.78, 5) is 29.3. The fraction of sp³-hybridized carbons (Fsp3) is 0.217. The highest BCUT2D eigenvalue weighted by molar-refractivity contribution is 6.09. The molecule has 8 heteroatoms. The van der Waals surface area contributed by atoms with E-state index in [1.807, 2.05) is 6.92 Å². The van der Waals surface area contributed by atoms with Gasteiger partial charge in [-0.2, -0.15) is 5.10 Å². The SMILES string of the molecule is COc1ccccc1C(=O)N/N=C1\CCCc2oc(C(=O)Nc3cccnc3)c(C)c21. The van der Waals surface area contributed by atoms with E-state index < -0.39 is 0 Å². The van der Waals surface area contributed by atoms with Crippen LogP contribution in [0.25, 0.3) is 0 Å². The Kier molecular flexibility index (Phi) is 5.79. The summed E-state index contributed by atoms with van der Waals surface area (Å²) in [5.74, 6) is 0.688. The first-order valence-electron chi connectivity index (χ1n) is 9.92. The summed E-state index contributed by atoms with van der Waals surface area (Å²) in [7, 11) is 1.51. The number of hydrogen-bond donors (Lipinski definition) is 2. The van der Waals surface area contributed by atoms with Gasteiger partial charge in [-0.3, -0.25) is 14.6 Å². The molecule has 2 aromatic heterocycles. The van der Waals surface area contributed by atoms with Crippen LogP contribution in [0, 0.1) is 6.92 Å². The Morgan fingerprint density at radius 1 is 1.13 bits per heavy atom. The molecule has 0 fully saturated rings. The molecule has 0 saturated heterocycles. The van der Waals surface area contributed by atoms with Crippen LogP contribution in [0.4, 0.5) is 5.69 Å². The number of aryl methyl sites for hydroxylation is 1. The number of carbonyl (C=O) groups is 2. The topological polar surface area (TPSA) is 106 Å². The highest BCUT2D eigenvalue weighted by atomic mass is 16.5. The molecule has 4 rings (SSSR count). The molecule has 0 aliphatic heterocycles. The van der Waals surface area contributed by atoms with Gasteiger partial charge < -0.3 is 14.5 Å². The average Bonchev–Trinajstić information content (AvgIpc) is 3.15. The number of furan rings is 1. The number of methoxy groups -OCH3 is 1. The van der Waals surface area contributed by atoms with Gasteiger partial charge in [0.05, 0.1) is 30.3 Å². The van der Waals surface area contributed by atoms with Crippen molar-refractivity contribution in [3.05, 3.63) is 77.0 Å². The Morgan fingerprint density at radius 2 is 1.97 bits per heavy atom. The van der Waals surface area contributed by atoms with E-state index in [0.717, 1.165) is 12.0 Å². The molecule has 3 aromatic rings. The second-order valence-electron chi connectivity index (χ2n) is 7.10. The number of hydrazone groups is 1. The number of hydrogen-bond acceptors (Lipinski definition) is 6. The van der Waals surface area contributed by atoms with Crippen molar-refractivity contribution in [2.45, 2.75) is 26.2 Å². The standard InChI is InChI=1S/C23H22N4O4/c1-14-20-17(26-27-22(28)16-8-3-4-10-18(16)30-2)9-5-11-19(20)31-21(14)23(29)25-15-7-6-12-24-13-15/h3-4,6-8,10,12-13H,5,9,11H2,1-2H3,(H,25,29)(H,27,28)/b26-17+. The van der Waals surface area contributed by atoms with Crippen LogP contribution in [0.2, 0.25) is 0 Å². The number of pyridine rings is 1. The van der Waals surface area contributed by atoms with Gasteiger partial charge in [0.25, 0.3) is 11.8 Å². The predicted molar refractivity (Wildman–Crippen MR) is 116 cm³/mol. The van der Waals surface area contributed by atoms with Gasteiger partial charge in [0.15, 0.2) is 5.76 Å². The number of rotatable bonds is 5. The second kappa shape index (κ2) is 8.83. The Balaban J connectivity index is 1.58. The highest BCUT2D eigenvalue weighted by Crippen LogP contribution is 2.30. The lowest BCUT2D eigenvalue weighted by Gasteiger charge is -2.14. The lowest BCUT2D eigenvalue weighted by atomic mass is 9.93. The zero-order valence-electron chi connectivity index (χ0n) is 17.3. The minimum Gasteiger partial charge on any atom is -0.496 e. The lowest BCUT2D eigenvalue weighted by Crippen LogP contribution is -2.22. The van der Waals surface area contributed by atoms with Gasteiger partial charge in [-0.05, 0) is 44.0 Å². The largest absolute Gasteiger partial charge is 0.496 e. The number of amides is 2. The van der Waals surface area contributed by atoms with E-state index in [4.69, 9.17) is 9.15 Å². The number of ether oxygens (including phenoxy) is 1. The molecule has 1 aromatic carbocycles. The van der Waals surface area contributed by atoms with Crippen LogP contribution in [0.3, 0.4) is 0 Å². The van der Waals surface area contributed by atoms with Crippen LogP contribution in [0.5, 0.6) is 5.75 Å². The van der Waals surface area contributed by atoms with Crippen molar-refractivity contribution in [2.24, 2.45) is 5.10 Å². The smallest absolute Gasteiger partial charge is 0.291 e. The van der Waals surface area contributed by atoms with Gasteiger partial charge in [0, 0.05) is 23.7 Å². The van der Waals surface area contributed by atoms with E-state index in [2.05, 4.69) is 20.8 Å². The maximum Gasteiger partial charge on any atom is 0.291 e. The summed E-state index contributed by atoms with van der Waals surface area (Å²) in [5.41, 5.74) is 5.75. The van der Waals surface area contributed by atoms with Gasteiger partial charge in [0.1, 0.15) is 11.5 Å². The third-order valence-electron chi connectivity index (χ3n) is 5.10. The van der Waals surface area contributed by atoms with Gasteiger partial charge in [0.2, 0.25) is 0 Å². The van der Waals surface area contributed by atoms with Gasteiger partial charge in [-0.25, -0.2) is 5.43 Å². The molecule has 0 radical (unpaired) electrons. The van der Waals surface area contributed by atoms with Crippen LogP contribution in [-0.4, -0.2) is 29.6 Å². The minimum absolute atomic E-state index is 0.236. The summed E-state index contributed by atoms with van der Waals surface area (Å²) < 4.78 is 11.1. The first kappa shape index (κ1) is 20.3. The zero-order chi connectivity index (χ0) is 21.8. The number of aromatic nitrogens is 1.